The predicted octanol–water partition coefficient (Wildman–Crippen LogP) is 1.35. The number of carboxylic acids is 1. The van der Waals surface area contributed by atoms with Gasteiger partial charge in [0.15, 0.2) is 4.90 Å². The van der Waals surface area contributed by atoms with Gasteiger partial charge in [0.05, 0.1) is 11.3 Å². The van der Waals surface area contributed by atoms with Crippen LogP contribution in [0.15, 0.2) is 17.0 Å². The second kappa shape index (κ2) is 6.19. The van der Waals surface area contributed by atoms with Gasteiger partial charge in [0.25, 0.3) is 5.69 Å². The van der Waals surface area contributed by atoms with E-state index >= 15 is 0 Å². The minimum absolute atomic E-state index is 0.419. The Morgan fingerprint density at radius 2 is 1.90 bits per heavy atom. The van der Waals surface area contributed by atoms with Gasteiger partial charge in [-0.2, -0.15) is 0 Å². The molecule has 1 atom stereocenters. The lowest BCUT2D eigenvalue weighted by Crippen LogP contribution is -2.34. The molecule has 0 bridgehead atoms. The first-order valence-electron chi connectivity index (χ1n) is 6.04. The summed E-state index contributed by atoms with van der Waals surface area (Å²) in [7, 11) is -4.18. The lowest BCUT2D eigenvalue weighted by Gasteiger charge is -2.13. The first kappa shape index (κ1) is 17.1. The lowest BCUT2D eigenvalue weighted by molar-refractivity contribution is -0.387. The van der Waals surface area contributed by atoms with Gasteiger partial charge in [0.1, 0.15) is 0 Å². The second-order valence-electron chi connectivity index (χ2n) is 4.78. The molecule has 0 aliphatic rings. The number of benzene rings is 1. The third-order valence-corrected chi connectivity index (χ3v) is 4.52. The van der Waals surface area contributed by atoms with Gasteiger partial charge in [-0.05, 0) is 38.0 Å². The van der Waals surface area contributed by atoms with Crippen molar-refractivity contribution in [3.05, 3.63) is 33.4 Å². The molecule has 1 unspecified atom stereocenters. The van der Waals surface area contributed by atoms with Crippen LogP contribution in [0.1, 0.15) is 24.5 Å². The van der Waals surface area contributed by atoms with Gasteiger partial charge in [-0.3, -0.25) is 14.9 Å². The fraction of sp³-hybridized carbons (Fsp3) is 0.417. The van der Waals surface area contributed by atoms with Crippen molar-refractivity contribution < 1.29 is 23.2 Å². The van der Waals surface area contributed by atoms with E-state index in [-0.39, 0.29) is 0 Å². The molecule has 0 radical (unpaired) electrons. The number of aryl methyl sites for hydroxylation is 2. The van der Waals surface area contributed by atoms with Crippen molar-refractivity contribution in [3.8, 4) is 0 Å². The summed E-state index contributed by atoms with van der Waals surface area (Å²) >= 11 is 0. The molecule has 2 N–H and O–H groups in total. The highest BCUT2D eigenvalue weighted by Crippen LogP contribution is 2.27. The summed E-state index contributed by atoms with van der Waals surface area (Å²) in [5.74, 6) is -1.17. The Morgan fingerprint density at radius 3 is 2.38 bits per heavy atom. The summed E-state index contributed by atoms with van der Waals surface area (Å²) in [6, 6.07) is 1.52. The molecule has 8 nitrogen and oxygen atoms in total. The largest absolute Gasteiger partial charge is 0.481 e. The van der Waals surface area contributed by atoms with Crippen LogP contribution in [0, 0.1) is 24.0 Å². The molecule has 0 aromatic heterocycles. The van der Waals surface area contributed by atoms with Crippen molar-refractivity contribution in [1.29, 1.82) is 0 Å². The fourth-order valence-electron chi connectivity index (χ4n) is 1.76. The monoisotopic (exact) mass is 316 g/mol. The first-order valence-corrected chi connectivity index (χ1v) is 7.52. The highest BCUT2D eigenvalue weighted by molar-refractivity contribution is 7.89. The van der Waals surface area contributed by atoms with E-state index in [4.69, 9.17) is 5.11 Å². The average Bonchev–Trinajstić information content (AvgIpc) is 2.29. The maximum Gasteiger partial charge on any atom is 0.304 e. The van der Waals surface area contributed by atoms with E-state index in [0.717, 1.165) is 0 Å². The van der Waals surface area contributed by atoms with E-state index in [1.54, 1.807) is 13.8 Å². The smallest absolute Gasteiger partial charge is 0.304 e. The van der Waals surface area contributed by atoms with Crippen LogP contribution in [-0.2, 0) is 14.8 Å². The van der Waals surface area contributed by atoms with E-state index in [2.05, 4.69) is 4.72 Å². The van der Waals surface area contributed by atoms with Gasteiger partial charge < -0.3 is 5.11 Å². The lowest BCUT2D eigenvalue weighted by atomic mass is 10.1. The van der Waals surface area contributed by atoms with Crippen LogP contribution < -0.4 is 4.72 Å². The third-order valence-electron chi connectivity index (χ3n) is 2.90. The van der Waals surface area contributed by atoms with Gasteiger partial charge >= 0.3 is 5.97 Å². The Balaban J connectivity index is 3.28. The molecule has 1 rings (SSSR count). The fourth-order valence-corrected chi connectivity index (χ4v) is 3.25. The molecular weight excluding hydrogens is 300 g/mol. The number of nitro groups is 1. The van der Waals surface area contributed by atoms with Gasteiger partial charge in [-0.15, -0.1) is 0 Å². The van der Waals surface area contributed by atoms with Gasteiger partial charge in [-0.1, -0.05) is 0 Å². The molecule has 1 aromatic carbocycles. The van der Waals surface area contributed by atoms with E-state index in [0.29, 0.717) is 11.1 Å². The molecule has 9 heteroatoms. The van der Waals surface area contributed by atoms with Crippen molar-refractivity contribution in [3.63, 3.8) is 0 Å². The number of carbonyl (C=O) groups is 1. The van der Waals surface area contributed by atoms with Crippen LogP contribution >= 0.6 is 0 Å². The Kier molecular flexibility index (Phi) is 5.02. The van der Waals surface area contributed by atoms with E-state index in [1.165, 1.54) is 19.1 Å². The number of hydrogen-bond acceptors (Lipinski definition) is 5. The molecule has 21 heavy (non-hydrogen) atoms. The molecule has 116 valence electrons. The van der Waals surface area contributed by atoms with Crippen LogP contribution in [-0.4, -0.2) is 30.5 Å². The summed E-state index contributed by atoms with van der Waals surface area (Å²) in [4.78, 5) is 20.3. The number of hydrogen-bond donors (Lipinski definition) is 2. The van der Waals surface area contributed by atoms with Crippen LogP contribution in [0.4, 0.5) is 5.69 Å². The number of sulfonamides is 1. The first-order chi connectivity index (χ1) is 9.54. The summed E-state index contributed by atoms with van der Waals surface area (Å²) in [5, 5.41) is 19.6. The van der Waals surface area contributed by atoms with Gasteiger partial charge in [0.2, 0.25) is 10.0 Å². The zero-order chi connectivity index (χ0) is 16.4. The number of nitrogens with one attached hydrogen (secondary N) is 1. The van der Waals surface area contributed by atoms with E-state index in [9.17, 15) is 23.3 Å². The van der Waals surface area contributed by atoms with Gasteiger partial charge in [0, 0.05) is 12.1 Å². The Labute approximate surface area is 122 Å². The molecule has 1 aromatic rings. The van der Waals surface area contributed by atoms with Crippen molar-refractivity contribution in [2.75, 3.05) is 0 Å². The SMILES string of the molecule is Cc1cc([N+](=O)[O-])c(S(=O)(=O)NC(C)CC(=O)O)cc1C. The highest BCUT2D eigenvalue weighted by Gasteiger charge is 2.28. The van der Waals surface area contributed by atoms with Crippen molar-refractivity contribution >= 4 is 21.7 Å². The molecule has 0 aliphatic carbocycles. The number of rotatable bonds is 6. The Bertz CT molecular complexity index is 683. The molecule has 0 aliphatic heterocycles. The number of aliphatic carboxylic acids is 1. The second-order valence-corrected chi connectivity index (χ2v) is 6.46. The summed E-state index contributed by atoms with van der Waals surface area (Å²) in [6.07, 6.45) is -0.419. The van der Waals surface area contributed by atoms with Crippen molar-refractivity contribution in [1.82, 2.24) is 4.72 Å². The van der Waals surface area contributed by atoms with Crippen LogP contribution in [0.2, 0.25) is 0 Å². The quantitative estimate of drug-likeness (QED) is 0.602. The average molecular weight is 316 g/mol. The summed E-state index contributed by atoms with van der Waals surface area (Å²) in [6.45, 7) is 4.65. The van der Waals surface area contributed by atoms with Crippen LogP contribution in [0.5, 0.6) is 0 Å². The maximum atomic E-state index is 12.2. The van der Waals surface area contributed by atoms with Crippen LogP contribution in [0.25, 0.3) is 0 Å². The molecular formula is C12H16N2O6S. The topological polar surface area (TPSA) is 127 Å². The van der Waals surface area contributed by atoms with Crippen molar-refractivity contribution in [2.45, 2.75) is 38.1 Å². The van der Waals surface area contributed by atoms with E-state index < -0.39 is 44.0 Å². The number of nitrogens with zero attached hydrogens (tertiary/aromatic N) is 1. The third kappa shape index (κ3) is 4.23. The molecule has 0 amide bonds. The van der Waals surface area contributed by atoms with E-state index in [1.807, 2.05) is 0 Å². The number of carboxylic acid groups (broad SMARTS) is 1. The molecule has 0 heterocycles. The zero-order valence-electron chi connectivity index (χ0n) is 11.8. The molecule has 0 saturated heterocycles. The standard InChI is InChI=1S/C12H16N2O6S/c1-7-4-10(14(17)18)11(5-8(7)2)21(19,20)13-9(3)6-12(15)16/h4-5,9,13H,6H2,1-3H3,(H,15,16). The van der Waals surface area contributed by atoms with Crippen LogP contribution in [0.3, 0.4) is 0 Å². The highest BCUT2D eigenvalue weighted by atomic mass is 32.2. The molecule has 0 spiro atoms. The Morgan fingerprint density at radius 1 is 1.38 bits per heavy atom. The normalized spacial score (nSPS) is 12.9. The zero-order valence-corrected chi connectivity index (χ0v) is 12.6. The van der Waals surface area contributed by atoms with Crippen molar-refractivity contribution in [2.24, 2.45) is 0 Å². The summed E-state index contributed by atoms with van der Waals surface area (Å²) < 4.78 is 26.5. The minimum atomic E-state index is -4.18. The maximum absolute atomic E-state index is 12.2. The predicted molar refractivity (Wildman–Crippen MR) is 74.6 cm³/mol. The minimum Gasteiger partial charge on any atom is -0.481 e. The molecule has 0 fully saturated rings. The number of nitro benzene ring substituents is 1. The Hall–Kier alpha value is -2.00. The summed E-state index contributed by atoms with van der Waals surface area (Å²) in [5.41, 5.74) is 0.652. The van der Waals surface area contributed by atoms with Gasteiger partial charge in [-0.25, -0.2) is 13.1 Å². The molecule has 0 saturated carbocycles.